The lowest BCUT2D eigenvalue weighted by molar-refractivity contribution is 0.355. The Morgan fingerprint density at radius 3 is 2.16 bits per heavy atom. The number of hydrogen-bond acceptors (Lipinski definition) is 4. The van der Waals surface area contributed by atoms with Gasteiger partial charge in [-0.3, -0.25) is 0 Å². The first kappa shape index (κ1) is 13.1. The summed E-state index contributed by atoms with van der Waals surface area (Å²) in [4.78, 5) is 0. The lowest BCUT2D eigenvalue weighted by Crippen LogP contribution is -1.94. The van der Waals surface area contributed by atoms with Gasteiger partial charge >= 0.3 is 0 Å². The Labute approximate surface area is 112 Å². The Bertz CT molecular complexity index is 555. The molecular weight excluding hydrogens is 242 g/mol. The van der Waals surface area contributed by atoms with Crippen molar-refractivity contribution in [3.63, 3.8) is 0 Å². The van der Waals surface area contributed by atoms with E-state index in [4.69, 9.17) is 14.2 Å². The van der Waals surface area contributed by atoms with Crippen molar-refractivity contribution < 1.29 is 14.2 Å². The second-order valence-electron chi connectivity index (χ2n) is 3.93. The predicted octanol–water partition coefficient (Wildman–Crippen LogP) is 3.46. The molecule has 0 aliphatic heterocycles. The van der Waals surface area contributed by atoms with Crippen molar-refractivity contribution in [2.24, 2.45) is 0 Å². The maximum absolute atomic E-state index is 5.27. The van der Waals surface area contributed by atoms with E-state index in [0.29, 0.717) is 11.5 Å². The van der Waals surface area contributed by atoms with Gasteiger partial charge in [0, 0.05) is 23.5 Å². The van der Waals surface area contributed by atoms with Crippen molar-refractivity contribution in [1.29, 1.82) is 0 Å². The minimum atomic E-state index is 0.690. The van der Waals surface area contributed by atoms with Crippen LogP contribution in [0.3, 0.4) is 0 Å². The zero-order chi connectivity index (χ0) is 13.7. The average molecular weight is 259 g/mol. The van der Waals surface area contributed by atoms with Crippen molar-refractivity contribution in [2.45, 2.75) is 0 Å². The Balaban J connectivity index is 2.22. The third kappa shape index (κ3) is 3.10. The number of methoxy groups -OCH3 is 3. The van der Waals surface area contributed by atoms with Crippen LogP contribution in [0.5, 0.6) is 17.2 Å². The number of anilines is 2. The van der Waals surface area contributed by atoms with Crippen LogP contribution in [0.25, 0.3) is 0 Å². The van der Waals surface area contributed by atoms with Gasteiger partial charge in [-0.25, -0.2) is 0 Å². The molecule has 0 bridgehead atoms. The first-order valence-electron chi connectivity index (χ1n) is 5.90. The molecule has 0 saturated heterocycles. The first-order valence-corrected chi connectivity index (χ1v) is 5.90. The summed E-state index contributed by atoms with van der Waals surface area (Å²) in [5.74, 6) is 2.21. The minimum absolute atomic E-state index is 0.690. The predicted molar refractivity (Wildman–Crippen MR) is 75.8 cm³/mol. The molecule has 0 aliphatic rings. The molecule has 4 heteroatoms. The van der Waals surface area contributed by atoms with Crippen LogP contribution in [0.2, 0.25) is 0 Å². The van der Waals surface area contributed by atoms with Gasteiger partial charge < -0.3 is 19.5 Å². The van der Waals surface area contributed by atoms with Gasteiger partial charge in [0.05, 0.1) is 21.3 Å². The summed E-state index contributed by atoms with van der Waals surface area (Å²) in [6.07, 6.45) is 0. The van der Waals surface area contributed by atoms with E-state index in [2.05, 4.69) is 5.32 Å². The van der Waals surface area contributed by atoms with E-state index >= 15 is 0 Å². The molecule has 1 N–H and O–H groups in total. The van der Waals surface area contributed by atoms with Crippen LogP contribution in [0.15, 0.2) is 42.5 Å². The highest BCUT2D eigenvalue weighted by molar-refractivity contribution is 5.64. The Kier molecular flexibility index (Phi) is 4.13. The monoisotopic (exact) mass is 259 g/mol. The second kappa shape index (κ2) is 6.00. The highest BCUT2D eigenvalue weighted by atomic mass is 16.5. The fourth-order valence-corrected chi connectivity index (χ4v) is 1.78. The van der Waals surface area contributed by atoms with Gasteiger partial charge in [0.25, 0.3) is 0 Å². The molecule has 0 atom stereocenters. The largest absolute Gasteiger partial charge is 0.497 e. The third-order valence-electron chi connectivity index (χ3n) is 2.74. The number of rotatable bonds is 5. The number of hydrogen-bond donors (Lipinski definition) is 1. The molecule has 19 heavy (non-hydrogen) atoms. The molecule has 0 aliphatic carbocycles. The fourth-order valence-electron chi connectivity index (χ4n) is 1.78. The summed E-state index contributed by atoms with van der Waals surface area (Å²) >= 11 is 0. The lowest BCUT2D eigenvalue weighted by atomic mass is 10.2. The summed E-state index contributed by atoms with van der Waals surface area (Å²) in [7, 11) is 4.88. The summed E-state index contributed by atoms with van der Waals surface area (Å²) in [5, 5.41) is 3.29. The summed E-state index contributed by atoms with van der Waals surface area (Å²) < 4.78 is 15.7. The van der Waals surface area contributed by atoms with Crippen LogP contribution >= 0.6 is 0 Å². The van der Waals surface area contributed by atoms with Crippen molar-refractivity contribution >= 4 is 11.4 Å². The maximum Gasteiger partial charge on any atom is 0.162 e. The molecule has 0 amide bonds. The van der Waals surface area contributed by atoms with Crippen molar-refractivity contribution in [3.8, 4) is 17.2 Å². The van der Waals surface area contributed by atoms with Crippen molar-refractivity contribution in [1.82, 2.24) is 0 Å². The topological polar surface area (TPSA) is 39.7 Å². The number of nitrogens with one attached hydrogen (secondary N) is 1. The number of benzene rings is 2. The van der Waals surface area contributed by atoms with Gasteiger partial charge in [-0.15, -0.1) is 0 Å². The molecular formula is C15H17NO3. The quantitative estimate of drug-likeness (QED) is 0.892. The van der Waals surface area contributed by atoms with Gasteiger partial charge in [0.2, 0.25) is 0 Å². The highest BCUT2D eigenvalue weighted by Crippen LogP contribution is 2.31. The smallest absolute Gasteiger partial charge is 0.162 e. The minimum Gasteiger partial charge on any atom is -0.497 e. The van der Waals surface area contributed by atoms with E-state index in [-0.39, 0.29) is 0 Å². The molecule has 4 nitrogen and oxygen atoms in total. The third-order valence-corrected chi connectivity index (χ3v) is 2.74. The van der Waals surface area contributed by atoms with E-state index in [1.807, 2.05) is 42.5 Å². The Morgan fingerprint density at radius 1 is 0.737 bits per heavy atom. The zero-order valence-electron chi connectivity index (χ0n) is 11.3. The summed E-state index contributed by atoms with van der Waals surface area (Å²) in [6.45, 7) is 0. The van der Waals surface area contributed by atoms with Gasteiger partial charge in [-0.05, 0) is 24.3 Å². The maximum atomic E-state index is 5.27. The van der Waals surface area contributed by atoms with Crippen LogP contribution in [0.1, 0.15) is 0 Å². The fraction of sp³-hybridized carbons (Fsp3) is 0.200. The molecule has 0 heterocycles. The Morgan fingerprint density at radius 2 is 1.47 bits per heavy atom. The average Bonchev–Trinajstić information content (AvgIpc) is 2.47. The second-order valence-corrected chi connectivity index (χ2v) is 3.93. The van der Waals surface area contributed by atoms with Gasteiger partial charge in [0.1, 0.15) is 5.75 Å². The van der Waals surface area contributed by atoms with Crippen LogP contribution < -0.4 is 19.5 Å². The molecule has 100 valence electrons. The normalized spacial score (nSPS) is 9.84. The molecule has 0 saturated carbocycles. The van der Waals surface area contributed by atoms with Crippen LogP contribution in [0.4, 0.5) is 11.4 Å². The lowest BCUT2D eigenvalue weighted by Gasteiger charge is -2.11. The first-order chi connectivity index (χ1) is 9.26. The standard InChI is InChI=1S/C15H17NO3/c1-17-13-6-4-5-11(9-13)16-12-7-8-14(18-2)15(10-12)19-3/h4-10,16H,1-3H3. The SMILES string of the molecule is COc1cccc(Nc2ccc(OC)c(OC)c2)c1. The molecule has 0 spiro atoms. The van der Waals surface area contributed by atoms with E-state index < -0.39 is 0 Å². The molecule has 0 aromatic heterocycles. The van der Waals surface area contributed by atoms with Gasteiger partial charge in [0.15, 0.2) is 11.5 Å². The highest BCUT2D eigenvalue weighted by Gasteiger charge is 2.04. The van der Waals surface area contributed by atoms with E-state index in [1.54, 1.807) is 21.3 Å². The van der Waals surface area contributed by atoms with E-state index in [9.17, 15) is 0 Å². The van der Waals surface area contributed by atoms with Gasteiger partial charge in [-0.2, -0.15) is 0 Å². The molecule has 2 aromatic rings. The van der Waals surface area contributed by atoms with Crippen LogP contribution in [-0.2, 0) is 0 Å². The zero-order valence-corrected chi connectivity index (χ0v) is 11.3. The molecule has 0 radical (unpaired) electrons. The van der Waals surface area contributed by atoms with Crippen LogP contribution in [-0.4, -0.2) is 21.3 Å². The Hall–Kier alpha value is -2.36. The van der Waals surface area contributed by atoms with Crippen LogP contribution in [0, 0.1) is 0 Å². The molecule has 2 aromatic carbocycles. The van der Waals surface area contributed by atoms with Crippen molar-refractivity contribution in [3.05, 3.63) is 42.5 Å². The summed E-state index contributed by atoms with van der Waals surface area (Å²) in [5.41, 5.74) is 1.87. The molecule has 2 rings (SSSR count). The molecule has 0 fully saturated rings. The van der Waals surface area contributed by atoms with E-state index in [0.717, 1.165) is 17.1 Å². The van der Waals surface area contributed by atoms with Crippen molar-refractivity contribution in [2.75, 3.05) is 26.6 Å². The van der Waals surface area contributed by atoms with Gasteiger partial charge in [-0.1, -0.05) is 6.07 Å². The summed E-state index contributed by atoms with van der Waals surface area (Å²) in [6, 6.07) is 13.4. The molecule has 0 unspecified atom stereocenters. The van der Waals surface area contributed by atoms with E-state index in [1.165, 1.54) is 0 Å². The number of ether oxygens (including phenoxy) is 3.